The Morgan fingerprint density at radius 3 is 2.50 bits per heavy atom. The molecule has 6 nitrogen and oxygen atoms in total. The molecule has 1 spiro atoms. The Bertz CT molecular complexity index is 1240. The number of likely N-dealkylation sites (tertiary alicyclic amines) is 1. The van der Waals surface area contributed by atoms with Crippen LogP contribution in [0, 0.1) is 18.6 Å². The molecule has 8 heteroatoms. The first-order valence-corrected chi connectivity index (χ1v) is 11.7. The number of hydrogen-bond donors (Lipinski definition) is 2. The van der Waals surface area contributed by atoms with Crippen molar-refractivity contribution in [1.82, 2.24) is 9.88 Å². The zero-order valence-electron chi connectivity index (χ0n) is 19.4. The summed E-state index contributed by atoms with van der Waals surface area (Å²) in [6.07, 6.45) is 3.71. The highest BCUT2D eigenvalue weighted by atomic mass is 19.1. The molecule has 2 aromatic carbocycles. The van der Waals surface area contributed by atoms with E-state index in [0.717, 1.165) is 37.8 Å². The van der Waals surface area contributed by atoms with E-state index in [1.807, 2.05) is 11.8 Å². The first-order chi connectivity index (χ1) is 16.3. The third-order valence-electron chi connectivity index (χ3n) is 7.37. The van der Waals surface area contributed by atoms with E-state index >= 15 is 0 Å². The number of piperidine rings is 1. The number of benzene rings is 2. The standard InChI is InChI=1S/C26H28F2N4O2/c1-16-4-5-22(28)21-15-23(30-24(16)21)25(34)29-19-12-18(27)13-20(14-19)31-10-7-26(8-11-31)6-3-9-32(26)17(2)33/h4-5,12-15,30H,3,6-11H2,1-2H3,(H,29,34). The quantitative estimate of drug-likeness (QED) is 0.572. The van der Waals surface area contributed by atoms with Crippen molar-refractivity contribution in [1.29, 1.82) is 0 Å². The van der Waals surface area contributed by atoms with E-state index in [-0.39, 0.29) is 17.1 Å². The smallest absolute Gasteiger partial charge is 0.272 e. The first kappa shape index (κ1) is 22.4. The molecule has 2 aliphatic heterocycles. The lowest BCUT2D eigenvalue weighted by atomic mass is 9.84. The first-order valence-electron chi connectivity index (χ1n) is 11.7. The summed E-state index contributed by atoms with van der Waals surface area (Å²) in [5.74, 6) is -1.20. The Hall–Kier alpha value is -3.42. The van der Waals surface area contributed by atoms with Gasteiger partial charge in [0.15, 0.2) is 0 Å². The van der Waals surface area contributed by atoms with Gasteiger partial charge in [-0.3, -0.25) is 9.59 Å². The van der Waals surface area contributed by atoms with Crippen molar-refractivity contribution in [2.75, 3.05) is 29.9 Å². The molecule has 1 aromatic heterocycles. The maximum atomic E-state index is 14.5. The van der Waals surface area contributed by atoms with Gasteiger partial charge in [-0.15, -0.1) is 0 Å². The molecule has 3 aromatic rings. The summed E-state index contributed by atoms with van der Waals surface area (Å²) in [7, 11) is 0. The second-order valence-corrected chi connectivity index (χ2v) is 9.47. The van der Waals surface area contributed by atoms with Gasteiger partial charge in [0, 0.05) is 48.9 Å². The molecule has 0 saturated carbocycles. The van der Waals surface area contributed by atoms with Crippen molar-refractivity contribution in [2.24, 2.45) is 0 Å². The molecule has 2 saturated heterocycles. The molecule has 0 atom stereocenters. The number of H-pyrrole nitrogens is 1. The minimum Gasteiger partial charge on any atom is -0.371 e. The van der Waals surface area contributed by atoms with Gasteiger partial charge < -0.3 is 20.1 Å². The fourth-order valence-corrected chi connectivity index (χ4v) is 5.61. The minimum absolute atomic E-state index is 0.0876. The average molecular weight is 467 g/mol. The third-order valence-corrected chi connectivity index (χ3v) is 7.37. The van der Waals surface area contributed by atoms with Crippen molar-refractivity contribution in [3.63, 3.8) is 0 Å². The molecule has 5 rings (SSSR count). The number of amides is 2. The molecule has 2 N–H and O–H groups in total. The van der Waals surface area contributed by atoms with Gasteiger partial charge in [-0.05, 0) is 68.5 Å². The van der Waals surface area contributed by atoms with E-state index < -0.39 is 17.5 Å². The van der Waals surface area contributed by atoms with Crippen LogP contribution >= 0.6 is 0 Å². The van der Waals surface area contributed by atoms with E-state index in [0.29, 0.717) is 35.4 Å². The summed E-state index contributed by atoms with van der Waals surface area (Å²) in [5.41, 5.74) is 2.55. The minimum atomic E-state index is -0.466. The number of halogens is 2. The number of hydrogen-bond acceptors (Lipinski definition) is 3. The second-order valence-electron chi connectivity index (χ2n) is 9.47. The molecule has 0 radical (unpaired) electrons. The third kappa shape index (κ3) is 3.91. The highest BCUT2D eigenvalue weighted by Crippen LogP contribution is 2.40. The number of fused-ring (bicyclic) bond motifs is 1. The van der Waals surface area contributed by atoms with Crippen molar-refractivity contribution in [3.05, 3.63) is 59.3 Å². The molecule has 2 amide bonds. The Kier molecular flexibility index (Phi) is 5.54. The lowest BCUT2D eigenvalue weighted by Crippen LogP contribution is -2.53. The number of aromatic nitrogens is 1. The molecular formula is C26H28F2N4O2. The van der Waals surface area contributed by atoms with Crippen LogP contribution in [0.3, 0.4) is 0 Å². The van der Waals surface area contributed by atoms with Gasteiger partial charge in [-0.25, -0.2) is 8.78 Å². The normalized spacial score (nSPS) is 17.5. The van der Waals surface area contributed by atoms with Gasteiger partial charge in [-0.2, -0.15) is 0 Å². The SMILES string of the molecule is CC(=O)N1CCCC12CCN(c1cc(F)cc(NC(=O)c3cc4c(F)ccc(C)c4[nH]3)c1)CC2. The molecule has 3 heterocycles. The maximum absolute atomic E-state index is 14.5. The molecule has 2 aliphatic rings. The van der Waals surface area contributed by atoms with Crippen LogP contribution in [0.15, 0.2) is 36.4 Å². The molecule has 178 valence electrons. The van der Waals surface area contributed by atoms with Gasteiger partial charge in [0.25, 0.3) is 5.91 Å². The van der Waals surface area contributed by atoms with Crippen molar-refractivity contribution >= 4 is 34.1 Å². The highest BCUT2D eigenvalue weighted by molar-refractivity contribution is 6.06. The summed E-state index contributed by atoms with van der Waals surface area (Å²) in [6, 6.07) is 8.99. The molecule has 0 unspecified atom stereocenters. The van der Waals surface area contributed by atoms with Crippen LogP contribution in [-0.2, 0) is 4.79 Å². The van der Waals surface area contributed by atoms with Crippen molar-refractivity contribution in [3.8, 4) is 0 Å². The van der Waals surface area contributed by atoms with Crippen LogP contribution < -0.4 is 10.2 Å². The van der Waals surface area contributed by atoms with Gasteiger partial charge in [-0.1, -0.05) is 6.07 Å². The van der Waals surface area contributed by atoms with E-state index in [1.165, 1.54) is 24.3 Å². The average Bonchev–Trinajstić information content (AvgIpc) is 3.42. The lowest BCUT2D eigenvalue weighted by molar-refractivity contribution is -0.133. The summed E-state index contributed by atoms with van der Waals surface area (Å²) >= 11 is 0. The number of anilines is 2. The molecule has 0 aliphatic carbocycles. The van der Waals surface area contributed by atoms with Crippen molar-refractivity contribution < 1.29 is 18.4 Å². The Morgan fingerprint density at radius 1 is 1.03 bits per heavy atom. The van der Waals surface area contributed by atoms with Gasteiger partial charge >= 0.3 is 0 Å². The Labute approximate surface area is 196 Å². The second kappa shape index (κ2) is 8.42. The predicted octanol–water partition coefficient (Wildman–Crippen LogP) is 4.99. The number of aromatic amines is 1. The van der Waals surface area contributed by atoms with Crippen LogP contribution in [0.25, 0.3) is 10.9 Å². The fraction of sp³-hybridized carbons (Fsp3) is 0.385. The van der Waals surface area contributed by atoms with E-state index in [1.54, 1.807) is 19.1 Å². The largest absolute Gasteiger partial charge is 0.371 e. The molecule has 2 fully saturated rings. The number of aryl methyl sites for hydroxylation is 1. The monoisotopic (exact) mass is 466 g/mol. The zero-order valence-corrected chi connectivity index (χ0v) is 19.4. The van der Waals surface area contributed by atoms with Gasteiger partial charge in [0.05, 0.1) is 5.52 Å². The lowest BCUT2D eigenvalue weighted by Gasteiger charge is -2.45. The summed E-state index contributed by atoms with van der Waals surface area (Å²) in [6.45, 7) is 5.69. The number of nitrogens with one attached hydrogen (secondary N) is 2. The van der Waals surface area contributed by atoms with Gasteiger partial charge in [0.2, 0.25) is 5.91 Å². The van der Waals surface area contributed by atoms with E-state index in [9.17, 15) is 18.4 Å². The fourth-order valence-electron chi connectivity index (χ4n) is 5.61. The Balaban J connectivity index is 1.33. The van der Waals surface area contributed by atoms with E-state index in [4.69, 9.17) is 0 Å². The zero-order chi connectivity index (χ0) is 24.0. The number of carbonyl (C=O) groups is 2. The summed E-state index contributed by atoms with van der Waals surface area (Å²) in [4.78, 5) is 32.0. The van der Waals surface area contributed by atoms with Crippen LogP contribution in [0.2, 0.25) is 0 Å². The topological polar surface area (TPSA) is 68.4 Å². The number of carbonyl (C=O) groups excluding carboxylic acids is 2. The Morgan fingerprint density at radius 2 is 1.79 bits per heavy atom. The van der Waals surface area contributed by atoms with Crippen LogP contribution in [0.1, 0.15) is 48.7 Å². The summed E-state index contributed by atoms with van der Waals surface area (Å²) in [5, 5.41) is 3.08. The van der Waals surface area contributed by atoms with Crippen LogP contribution in [0.5, 0.6) is 0 Å². The van der Waals surface area contributed by atoms with Crippen LogP contribution in [0.4, 0.5) is 20.2 Å². The molecular weight excluding hydrogens is 438 g/mol. The van der Waals surface area contributed by atoms with E-state index in [2.05, 4.69) is 15.2 Å². The summed E-state index contributed by atoms with van der Waals surface area (Å²) < 4.78 is 28.6. The van der Waals surface area contributed by atoms with Gasteiger partial charge in [0.1, 0.15) is 17.3 Å². The molecule has 0 bridgehead atoms. The predicted molar refractivity (Wildman–Crippen MR) is 128 cm³/mol. The molecule has 34 heavy (non-hydrogen) atoms. The number of nitrogens with zero attached hydrogens (tertiary/aromatic N) is 2. The van der Waals surface area contributed by atoms with Crippen molar-refractivity contribution in [2.45, 2.75) is 45.1 Å². The maximum Gasteiger partial charge on any atom is 0.272 e. The van der Waals surface area contributed by atoms with Crippen LogP contribution in [-0.4, -0.2) is 46.9 Å². The number of rotatable bonds is 3. The highest BCUT2D eigenvalue weighted by Gasteiger charge is 2.44.